The van der Waals surface area contributed by atoms with E-state index in [1.54, 1.807) is 11.8 Å². The fourth-order valence-corrected chi connectivity index (χ4v) is 3.72. The van der Waals surface area contributed by atoms with Crippen LogP contribution in [-0.2, 0) is 6.54 Å². The molecule has 27 heavy (non-hydrogen) atoms. The van der Waals surface area contributed by atoms with Gasteiger partial charge in [-0.1, -0.05) is 6.92 Å². The largest absolute Gasteiger partial charge is 0.477 e. The van der Waals surface area contributed by atoms with Crippen LogP contribution in [0.1, 0.15) is 30.6 Å². The number of anilines is 1. The summed E-state index contributed by atoms with van der Waals surface area (Å²) in [5.41, 5.74) is -1.58. The van der Waals surface area contributed by atoms with Crippen LogP contribution in [0.5, 0.6) is 0 Å². The van der Waals surface area contributed by atoms with Gasteiger partial charge in [-0.2, -0.15) is 0 Å². The summed E-state index contributed by atoms with van der Waals surface area (Å²) >= 11 is 0. The average molecular weight is 379 g/mol. The Bertz CT molecular complexity index is 942. The lowest BCUT2D eigenvalue weighted by atomic mass is 10.1. The first-order chi connectivity index (χ1) is 12.9. The number of rotatable bonds is 6. The number of halogens is 2. The summed E-state index contributed by atoms with van der Waals surface area (Å²) in [5, 5.41) is 12.2. The van der Waals surface area contributed by atoms with E-state index in [2.05, 4.69) is 5.32 Å². The van der Waals surface area contributed by atoms with E-state index in [9.17, 15) is 19.1 Å². The van der Waals surface area contributed by atoms with Crippen LogP contribution in [0.2, 0.25) is 0 Å². The van der Waals surface area contributed by atoms with E-state index in [0.29, 0.717) is 19.0 Å². The highest BCUT2D eigenvalue weighted by Gasteiger charge is 2.29. The maximum absolute atomic E-state index is 15.3. The second kappa shape index (κ2) is 7.64. The summed E-state index contributed by atoms with van der Waals surface area (Å²) in [7, 11) is 0. The van der Waals surface area contributed by atoms with Gasteiger partial charge in [0.25, 0.3) is 0 Å². The standard InChI is InChI=1S/C19H23F2N3O3/c1-3-22-8-11-5-6-24(9-11)17-14(20)7-12-16(15(17)21)23(4-2)10-13(18(12)25)19(26)27/h7,10-11,22H,3-6,8-9H2,1-2H3,(H,26,27). The van der Waals surface area contributed by atoms with Crippen LogP contribution in [0.3, 0.4) is 0 Å². The normalized spacial score (nSPS) is 17.0. The lowest BCUT2D eigenvalue weighted by molar-refractivity contribution is 0.0695. The summed E-state index contributed by atoms with van der Waals surface area (Å²) in [4.78, 5) is 25.4. The molecule has 8 heteroatoms. The van der Waals surface area contributed by atoms with Crippen LogP contribution in [0, 0.1) is 17.6 Å². The Balaban J connectivity index is 2.13. The van der Waals surface area contributed by atoms with Gasteiger partial charge in [0.15, 0.2) is 5.82 Å². The van der Waals surface area contributed by atoms with Gasteiger partial charge in [-0.25, -0.2) is 13.6 Å². The fraction of sp³-hybridized carbons (Fsp3) is 0.474. The van der Waals surface area contributed by atoms with Gasteiger partial charge in [0.05, 0.1) is 10.9 Å². The molecule has 6 nitrogen and oxygen atoms in total. The van der Waals surface area contributed by atoms with Crippen LogP contribution >= 0.6 is 0 Å². The number of fused-ring (bicyclic) bond motifs is 1. The number of carbonyl (C=O) groups is 1. The third-order valence-electron chi connectivity index (χ3n) is 5.09. The number of benzene rings is 1. The van der Waals surface area contributed by atoms with Crippen molar-refractivity contribution >= 4 is 22.6 Å². The van der Waals surface area contributed by atoms with Crippen LogP contribution in [0.15, 0.2) is 17.1 Å². The number of nitrogens with zero attached hydrogens (tertiary/aromatic N) is 2. The summed E-state index contributed by atoms with van der Waals surface area (Å²) in [5.74, 6) is -2.78. The van der Waals surface area contributed by atoms with Crippen molar-refractivity contribution in [2.75, 3.05) is 31.1 Å². The number of aryl methyl sites for hydroxylation is 1. The first-order valence-electron chi connectivity index (χ1n) is 9.13. The molecule has 1 aromatic heterocycles. The number of hydrogen-bond donors (Lipinski definition) is 2. The molecule has 0 bridgehead atoms. The number of hydrogen-bond acceptors (Lipinski definition) is 4. The Morgan fingerprint density at radius 1 is 1.37 bits per heavy atom. The minimum Gasteiger partial charge on any atom is -0.477 e. The van der Waals surface area contributed by atoms with E-state index in [1.807, 2.05) is 6.92 Å². The predicted molar refractivity (Wildman–Crippen MR) is 99.6 cm³/mol. The molecular formula is C19H23F2N3O3. The maximum Gasteiger partial charge on any atom is 0.341 e. The monoisotopic (exact) mass is 379 g/mol. The van der Waals surface area contributed by atoms with E-state index in [-0.39, 0.29) is 23.1 Å². The Morgan fingerprint density at radius 2 is 2.11 bits per heavy atom. The zero-order valence-corrected chi connectivity index (χ0v) is 15.4. The molecule has 1 aliphatic heterocycles. The topological polar surface area (TPSA) is 74.6 Å². The Labute approximate surface area is 155 Å². The van der Waals surface area contributed by atoms with Crippen LogP contribution in [0.25, 0.3) is 10.9 Å². The van der Waals surface area contributed by atoms with E-state index in [0.717, 1.165) is 31.8 Å². The van der Waals surface area contributed by atoms with Crippen molar-refractivity contribution in [3.8, 4) is 0 Å². The second-order valence-corrected chi connectivity index (χ2v) is 6.79. The molecular weight excluding hydrogens is 356 g/mol. The molecule has 1 saturated heterocycles. The van der Waals surface area contributed by atoms with Gasteiger partial charge in [0.2, 0.25) is 5.43 Å². The highest BCUT2D eigenvalue weighted by molar-refractivity contribution is 5.93. The molecule has 0 saturated carbocycles. The zero-order chi connectivity index (χ0) is 19.7. The number of aromatic nitrogens is 1. The van der Waals surface area contributed by atoms with Crippen molar-refractivity contribution in [3.63, 3.8) is 0 Å². The summed E-state index contributed by atoms with van der Waals surface area (Å²) in [6.45, 7) is 6.64. The molecule has 1 atom stereocenters. The maximum atomic E-state index is 15.3. The van der Waals surface area contributed by atoms with E-state index < -0.39 is 28.6 Å². The molecule has 1 unspecified atom stereocenters. The van der Waals surface area contributed by atoms with E-state index in [4.69, 9.17) is 0 Å². The number of carboxylic acid groups (broad SMARTS) is 1. The smallest absolute Gasteiger partial charge is 0.341 e. The number of nitrogens with one attached hydrogen (secondary N) is 1. The lowest BCUT2D eigenvalue weighted by Gasteiger charge is -2.22. The molecule has 1 aromatic carbocycles. The molecule has 3 rings (SSSR count). The molecule has 0 radical (unpaired) electrons. The summed E-state index contributed by atoms with van der Waals surface area (Å²) < 4.78 is 31.4. The molecule has 2 heterocycles. The van der Waals surface area contributed by atoms with E-state index in [1.165, 1.54) is 4.57 Å². The van der Waals surface area contributed by atoms with Gasteiger partial charge in [-0.3, -0.25) is 4.79 Å². The highest BCUT2D eigenvalue weighted by atomic mass is 19.1. The first kappa shape index (κ1) is 19.3. The van der Waals surface area contributed by atoms with Crippen molar-refractivity contribution < 1.29 is 18.7 Å². The van der Waals surface area contributed by atoms with Crippen molar-refractivity contribution in [1.29, 1.82) is 0 Å². The predicted octanol–water partition coefficient (Wildman–Crippen LogP) is 2.43. The van der Waals surface area contributed by atoms with Crippen LogP contribution < -0.4 is 15.6 Å². The molecule has 0 aliphatic carbocycles. The van der Waals surface area contributed by atoms with Crippen molar-refractivity contribution in [3.05, 3.63) is 39.7 Å². The minimum atomic E-state index is -1.42. The van der Waals surface area contributed by atoms with Gasteiger partial charge in [0.1, 0.15) is 17.1 Å². The van der Waals surface area contributed by atoms with E-state index >= 15 is 4.39 Å². The molecule has 0 amide bonds. The van der Waals surface area contributed by atoms with Crippen molar-refractivity contribution in [2.45, 2.75) is 26.8 Å². The highest BCUT2D eigenvalue weighted by Crippen LogP contribution is 2.33. The summed E-state index contributed by atoms with van der Waals surface area (Å²) in [6.07, 6.45) is 1.94. The third-order valence-corrected chi connectivity index (χ3v) is 5.09. The third kappa shape index (κ3) is 3.41. The minimum absolute atomic E-state index is 0.0565. The molecule has 0 spiro atoms. The quantitative estimate of drug-likeness (QED) is 0.806. The number of carboxylic acids is 1. The molecule has 1 fully saturated rings. The average Bonchev–Trinajstić information content (AvgIpc) is 3.09. The van der Waals surface area contributed by atoms with Crippen molar-refractivity contribution in [2.24, 2.45) is 5.92 Å². The Kier molecular flexibility index (Phi) is 5.46. The summed E-state index contributed by atoms with van der Waals surface area (Å²) in [6, 6.07) is 0.965. The lowest BCUT2D eigenvalue weighted by Crippen LogP contribution is -2.28. The van der Waals surface area contributed by atoms with Gasteiger partial charge < -0.3 is 19.9 Å². The zero-order valence-electron chi connectivity index (χ0n) is 15.4. The van der Waals surface area contributed by atoms with Crippen LogP contribution in [-0.4, -0.2) is 41.8 Å². The van der Waals surface area contributed by atoms with Gasteiger partial charge >= 0.3 is 5.97 Å². The molecule has 1 aliphatic rings. The number of pyridine rings is 1. The molecule has 146 valence electrons. The molecule has 2 aromatic rings. The first-order valence-corrected chi connectivity index (χ1v) is 9.13. The number of aromatic carboxylic acids is 1. The molecule has 2 N–H and O–H groups in total. The Hall–Kier alpha value is -2.48. The van der Waals surface area contributed by atoms with Gasteiger partial charge in [-0.05, 0) is 38.4 Å². The van der Waals surface area contributed by atoms with Gasteiger partial charge in [-0.15, -0.1) is 0 Å². The van der Waals surface area contributed by atoms with Gasteiger partial charge in [0, 0.05) is 25.8 Å². The Morgan fingerprint density at radius 3 is 2.74 bits per heavy atom. The van der Waals surface area contributed by atoms with Crippen molar-refractivity contribution in [1.82, 2.24) is 9.88 Å². The SMILES string of the molecule is CCNCC1CCN(c2c(F)cc3c(=O)c(C(=O)O)cn(CC)c3c2F)C1. The fourth-order valence-electron chi connectivity index (χ4n) is 3.72. The van der Waals surface area contributed by atoms with Crippen LogP contribution in [0.4, 0.5) is 14.5 Å². The second-order valence-electron chi connectivity index (χ2n) is 6.79.